The lowest BCUT2D eigenvalue weighted by molar-refractivity contribution is -0.125. The van der Waals surface area contributed by atoms with Crippen LogP contribution in [0.25, 0.3) is 0 Å². The minimum atomic E-state index is -0.320. The van der Waals surface area contributed by atoms with Crippen LogP contribution >= 0.6 is 0 Å². The Morgan fingerprint density at radius 1 is 1.00 bits per heavy atom. The summed E-state index contributed by atoms with van der Waals surface area (Å²) in [5.74, 6) is 0.439. The van der Waals surface area contributed by atoms with Gasteiger partial charge in [0.05, 0.1) is 19.1 Å². The number of carbonyl (C=O) groups is 1. The summed E-state index contributed by atoms with van der Waals surface area (Å²) < 4.78 is 5.14. The average molecular weight is 312 g/mol. The molecule has 4 heteroatoms. The molecule has 0 aromatic heterocycles. The molecule has 122 valence electrons. The number of methoxy groups -OCH3 is 1. The van der Waals surface area contributed by atoms with Crippen LogP contribution in [0.1, 0.15) is 37.1 Å². The Bertz CT molecular complexity index is 626. The van der Waals surface area contributed by atoms with Gasteiger partial charge in [0.25, 0.3) is 0 Å². The monoisotopic (exact) mass is 312 g/mol. The van der Waals surface area contributed by atoms with Gasteiger partial charge in [-0.15, -0.1) is 0 Å². The summed E-state index contributed by atoms with van der Waals surface area (Å²) in [4.78, 5) is 12.4. The summed E-state index contributed by atoms with van der Waals surface area (Å²) in [5, 5.41) is 3.02. The molecule has 0 aliphatic rings. The topological polar surface area (TPSA) is 64.3 Å². The highest BCUT2D eigenvalue weighted by Crippen LogP contribution is 2.21. The van der Waals surface area contributed by atoms with E-state index in [2.05, 4.69) is 5.32 Å². The number of nitrogens with two attached hydrogens (primary N) is 1. The van der Waals surface area contributed by atoms with Gasteiger partial charge in [-0.3, -0.25) is 4.79 Å². The zero-order valence-electron chi connectivity index (χ0n) is 13.8. The highest BCUT2D eigenvalue weighted by Gasteiger charge is 2.23. The lowest BCUT2D eigenvalue weighted by Crippen LogP contribution is -2.36. The van der Waals surface area contributed by atoms with Gasteiger partial charge in [-0.1, -0.05) is 49.4 Å². The smallest absolute Gasteiger partial charge is 0.225 e. The number of carbonyl (C=O) groups excluding carboxylic acids is 1. The van der Waals surface area contributed by atoms with Gasteiger partial charge in [0, 0.05) is 6.04 Å². The van der Waals surface area contributed by atoms with Crippen molar-refractivity contribution in [1.29, 1.82) is 0 Å². The van der Waals surface area contributed by atoms with Crippen molar-refractivity contribution < 1.29 is 9.53 Å². The van der Waals surface area contributed by atoms with Gasteiger partial charge >= 0.3 is 0 Å². The molecule has 1 amide bonds. The van der Waals surface area contributed by atoms with Crippen LogP contribution in [0.15, 0.2) is 54.6 Å². The first kappa shape index (κ1) is 17.0. The molecule has 3 unspecified atom stereocenters. The summed E-state index contributed by atoms with van der Waals surface area (Å²) in [6, 6.07) is 17.0. The van der Waals surface area contributed by atoms with Crippen LogP contribution in [-0.4, -0.2) is 13.0 Å². The van der Waals surface area contributed by atoms with Crippen molar-refractivity contribution in [2.75, 3.05) is 7.11 Å². The van der Waals surface area contributed by atoms with Crippen LogP contribution in [0.3, 0.4) is 0 Å². The van der Waals surface area contributed by atoms with E-state index in [4.69, 9.17) is 10.5 Å². The van der Waals surface area contributed by atoms with E-state index in [0.717, 1.165) is 16.9 Å². The lowest BCUT2D eigenvalue weighted by atomic mass is 9.94. The third-order valence-corrected chi connectivity index (χ3v) is 4.11. The van der Waals surface area contributed by atoms with Crippen molar-refractivity contribution in [3.63, 3.8) is 0 Å². The molecule has 0 bridgehead atoms. The number of hydrogen-bond donors (Lipinski definition) is 2. The van der Waals surface area contributed by atoms with E-state index in [9.17, 15) is 4.79 Å². The van der Waals surface area contributed by atoms with Crippen molar-refractivity contribution in [3.8, 4) is 5.75 Å². The fourth-order valence-corrected chi connectivity index (χ4v) is 2.45. The standard InChI is InChI=1S/C19H24N2O2/c1-13(18(20)16-7-5-4-6-8-16)19(22)21-14(2)15-9-11-17(23-3)12-10-15/h4-14,18H,20H2,1-3H3,(H,21,22). The van der Waals surface area contributed by atoms with E-state index in [1.54, 1.807) is 7.11 Å². The van der Waals surface area contributed by atoms with Gasteiger partial charge in [-0.2, -0.15) is 0 Å². The number of amides is 1. The SMILES string of the molecule is COc1ccc(C(C)NC(=O)C(C)C(N)c2ccccc2)cc1. The maximum atomic E-state index is 12.4. The molecule has 0 aliphatic carbocycles. The maximum absolute atomic E-state index is 12.4. The summed E-state index contributed by atoms with van der Waals surface area (Å²) >= 11 is 0. The molecule has 0 heterocycles. The third-order valence-electron chi connectivity index (χ3n) is 4.11. The highest BCUT2D eigenvalue weighted by atomic mass is 16.5. The molecular formula is C19H24N2O2. The Labute approximate surface area is 137 Å². The van der Waals surface area contributed by atoms with Gasteiger partial charge in [-0.25, -0.2) is 0 Å². The second-order valence-electron chi connectivity index (χ2n) is 5.73. The zero-order chi connectivity index (χ0) is 16.8. The summed E-state index contributed by atoms with van der Waals surface area (Å²) in [6.45, 7) is 3.81. The fourth-order valence-electron chi connectivity index (χ4n) is 2.45. The molecule has 0 saturated heterocycles. The quantitative estimate of drug-likeness (QED) is 0.861. The van der Waals surface area contributed by atoms with E-state index in [-0.39, 0.29) is 23.9 Å². The van der Waals surface area contributed by atoms with Gasteiger partial charge in [0.1, 0.15) is 5.75 Å². The Balaban J connectivity index is 1.99. The molecule has 23 heavy (non-hydrogen) atoms. The van der Waals surface area contributed by atoms with Gasteiger partial charge in [0.2, 0.25) is 5.91 Å². The Kier molecular flexibility index (Phi) is 5.77. The Morgan fingerprint density at radius 3 is 2.17 bits per heavy atom. The van der Waals surface area contributed by atoms with E-state index >= 15 is 0 Å². The number of hydrogen-bond acceptors (Lipinski definition) is 3. The Hall–Kier alpha value is -2.33. The maximum Gasteiger partial charge on any atom is 0.225 e. The average Bonchev–Trinajstić information content (AvgIpc) is 2.61. The molecule has 0 saturated carbocycles. The van der Waals surface area contributed by atoms with Crippen molar-refractivity contribution in [2.24, 2.45) is 11.7 Å². The first-order valence-corrected chi connectivity index (χ1v) is 7.77. The molecule has 2 aromatic rings. The van der Waals surface area contributed by atoms with Crippen molar-refractivity contribution in [2.45, 2.75) is 25.9 Å². The summed E-state index contributed by atoms with van der Waals surface area (Å²) in [5.41, 5.74) is 8.21. The Morgan fingerprint density at radius 2 is 1.61 bits per heavy atom. The van der Waals surface area contributed by atoms with Crippen molar-refractivity contribution in [1.82, 2.24) is 5.32 Å². The first-order chi connectivity index (χ1) is 11.0. The van der Waals surface area contributed by atoms with Gasteiger partial charge < -0.3 is 15.8 Å². The molecule has 4 nitrogen and oxygen atoms in total. The van der Waals surface area contributed by atoms with Crippen LogP contribution < -0.4 is 15.8 Å². The molecule has 2 aromatic carbocycles. The second-order valence-corrected chi connectivity index (χ2v) is 5.73. The van der Waals surface area contributed by atoms with E-state index < -0.39 is 0 Å². The van der Waals surface area contributed by atoms with Crippen LogP contribution in [-0.2, 0) is 4.79 Å². The van der Waals surface area contributed by atoms with Crippen LogP contribution in [0.5, 0.6) is 5.75 Å². The van der Waals surface area contributed by atoms with Gasteiger partial charge in [0.15, 0.2) is 0 Å². The highest BCUT2D eigenvalue weighted by molar-refractivity contribution is 5.79. The van der Waals surface area contributed by atoms with Crippen LogP contribution in [0, 0.1) is 5.92 Å². The summed E-state index contributed by atoms with van der Waals surface area (Å²) in [6.07, 6.45) is 0. The number of ether oxygens (including phenoxy) is 1. The largest absolute Gasteiger partial charge is 0.497 e. The third kappa shape index (κ3) is 4.33. The van der Waals surface area contributed by atoms with Crippen molar-refractivity contribution >= 4 is 5.91 Å². The number of rotatable bonds is 6. The predicted molar refractivity (Wildman–Crippen MR) is 92.1 cm³/mol. The molecule has 0 fully saturated rings. The normalized spacial score (nSPS) is 14.6. The fraction of sp³-hybridized carbons (Fsp3) is 0.316. The molecule has 3 atom stereocenters. The molecule has 2 rings (SSSR count). The van der Waals surface area contributed by atoms with Crippen LogP contribution in [0.4, 0.5) is 0 Å². The minimum absolute atomic E-state index is 0.0512. The predicted octanol–water partition coefficient (Wildman–Crippen LogP) is 3.21. The van der Waals surface area contributed by atoms with E-state index in [0.29, 0.717) is 0 Å². The molecule has 0 aliphatic heterocycles. The second kappa shape index (κ2) is 7.79. The zero-order valence-corrected chi connectivity index (χ0v) is 13.8. The minimum Gasteiger partial charge on any atom is -0.497 e. The van der Waals surface area contributed by atoms with Gasteiger partial charge in [-0.05, 0) is 30.2 Å². The van der Waals surface area contributed by atoms with E-state index in [1.807, 2.05) is 68.4 Å². The lowest BCUT2D eigenvalue weighted by Gasteiger charge is -2.22. The molecular weight excluding hydrogens is 288 g/mol. The number of nitrogens with one attached hydrogen (secondary N) is 1. The van der Waals surface area contributed by atoms with Crippen LogP contribution in [0.2, 0.25) is 0 Å². The molecule has 0 radical (unpaired) electrons. The van der Waals surface area contributed by atoms with E-state index in [1.165, 1.54) is 0 Å². The molecule has 0 spiro atoms. The van der Waals surface area contributed by atoms with Crippen molar-refractivity contribution in [3.05, 3.63) is 65.7 Å². The molecule has 3 N–H and O–H groups in total. The first-order valence-electron chi connectivity index (χ1n) is 7.77. The summed E-state index contributed by atoms with van der Waals surface area (Å²) in [7, 11) is 1.63. The number of benzene rings is 2.